The summed E-state index contributed by atoms with van der Waals surface area (Å²) < 4.78 is 1.99. The summed E-state index contributed by atoms with van der Waals surface area (Å²) in [5.41, 5.74) is 1.35. The van der Waals surface area contributed by atoms with Crippen LogP contribution in [0.25, 0.3) is 0 Å². The van der Waals surface area contributed by atoms with Gasteiger partial charge in [-0.25, -0.2) is 0 Å². The van der Waals surface area contributed by atoms with E-state index in [0.29, 0.717) is 12.0 Å². The van der Waals surface area contributed by atoms with Gasteiger partial charge < -0.3 is 5.32 Å². The van der Waals surface area contributed by atoms with E-state index in [9.17, 15) is 0 Å². The number of nitrogens with zero attached hydrogens (tertiary/aromatic N) is 2. The van der Waals surface area contributed by atoms with E-state index >= 15 is 0 Å². The van der Waals surface area contributed by atoms with Gasteiger partial charge in [0.1, 0.15) is 0 Å². The predicted octanol–water partition coefficient (Wildman–Crippen LogP) is 2.08. The molecule has 1 N–H and O–H groups in total. The minimum atomic E-state index is 0.569. The van der Waals surface area contributed by atoms with Crippen molar-refractivity contribution in [2.45, 2.75) is 46.2 Å². The minimum Gasteiger partial charge on any atom is -0.317 e. The molecule has 0 aromatic carbocycles. The van der Waals surface area contributed by atoms with E-state index < -0.39 is 0 Å². The Morgan fingerprint density at radius 3 is 2.67 bits per heavy atom. The zero-order chi connectivity index (χ0) is 11.3. The smallest absolute Gasteiger partial charge is 0.0521 e. The van der Waals surface area contributed by atoms with Crippen LogP contribution in [0.3, 0.4) is 0 Å². The summed E-state index contributed by atoms with van der Waals surface area (Å²) in [5.74, 6) is 0.699. The highest BCUT2D eigenvalue weighted by Crippen LogP contribution is 2.15. The molecule has 1 aromatic rings. The lowest BCUT2D eigenvalue weighted by Gasteiger charge is -2.21. The summed E-state index contributed by atoms with van der Waals surface area (Å²) in [6.45, 7) is 7.57. The molecule has 1 aromatic heterocycles. The number of aryl methyl sites for hydroxylation is 1. The Kier molecular flexibility index (Phi) is 4.82. The van der Waals surface area contributed by atoms with Crippen molar-refractivity contribution in [1.29, 1.82) is 0 Å². The zero-order valence-electron chi connectivity index (χ0n) is 10.3. The molecule has 2 atom stereocenters. The first-order valence-corrected chi connectivity index (χ1v) is 5.89. The Hall–Kier alpha value is -0.830. The summed E-state index contributed by atoms with van der Waals surface area (Å²) in [6.07, 6.45) is 6.48. The lowest BCUT2D eigenvalue weighted by Crippen LogP contribution is -2.31. The van der Waals surface area contributed by atoms with Crippen LogP contribution in [0, 0.1) is 5.92 Å². The third-order valence-electron chi connectivity index (χ3n) is 3.20. The highest BCUT2D eigenvalue weighted by atomic mass is 15.3. The predicted molar refractivity (Wildman–Crippen MR) is 63.9 cm³/mol. The molecule has 15 heavy (non-hydrogen) atoms. The molecule has 1 rings (SSSR count). The molecular formula is C12H23N3. The third-order valence-corrected chi connectivity index (χ3v) is 3.20. The molecule has 0 saturated carbocycles. The van der Waals surface area contributed by atoms with E-state index in [4.69, 9.17) is 0 Å². The van der Waals surface area contributed by atoms with E-state index in [1.165, 1.54) is 12.0 Å². The van der Waals surface area contributed by atoms with E-state index in [1.807, 2.05) is 17.9 Å². The van der Waals surface area contributed by atoms with Gasteiger partial charge in [-0.15, -0.1) is 0 Å². The maximum Gasteiger partial charge on any atom is 0.0521 e. The van der Waals surface area contributed by atoms with Crippen LogP contribution in [0.15, 0.2) is 12.4 Å². The van der Waals surface area contributed by atoms with Gasteiger partial charge in [0, 0.05) is 18.8 Å². The summed E-state index contributed by atoms with van der Waals surface area (Å²) in [6, 6.07) is 0.569. The monoisotopic (exact) mass is 209 g/mol. The zero-order valence-corrected chi connectivity index (χ0v) is 10.3. The number of rotatable bonds is 6. The second kappa shape index (κ2) is 5.91. The fourth-order valence-electron chi connectivity index (χ4n) is 1.90. The average Bonchev–Trinajstić information content (AvgIpc) is 2.72. The van der Waals surface area contributed by atoms with E-state index in [0.717, 1.165) is 13.0 Å². The van der Waals surface area contributed by atoms with Crippen molar-refractivity contribution in [1.82, 2.24) is 15.1 Å². The number of hydrogen-bond donors (Lipinski definition) is 1. The fraction of sp³-hybridized carbons (Fsp3) is 0.750. The van der Waals surface area contributed by atoms with Gasteiger partial charge in [0.15, 0.2) is 0 Å². The first kappa shape index (κ1) is 12.2. The van der Waals surface area contributed by atoms with Crippen LogP contribution in [0.1, 0.15) is 32.8 Å². The van der Waals surface area contributed by atoms with Crippen LogP contribution < -0.4 is 5.32 Å². The lowest BCUT2D eigenvalue weighted by atomic mass is 9.92. The van der Waals surface area contributed by atoms with E-state index in [-0.39, 0.29) is 0 Å². The summed E-state index contributed by atoms with van der Waals surface area (Å²) >= 11 is 0. The summed E-state index contributed by atoms with van der Waals surface area (Å²) in [4.78, 5) is 0. The van der Waals surface area contributed by atoms with E-state index in [2.05, 4.69) is 37.4 Å². The van der Waals surface area contributed by atoms with Crippen LogP contribution in [0.5, 0.6) is 0 Å². The first-order valence-electron chi connectivity index (χ1n) is 5.89. The van der Waals surface area contributed by atoms with Crippen molar-refractivity contribution >= 4 is 0 Å². The van der Waals surface area contributed by atoms with Crippen LogP contribution in [-0.4, -0.2) is 22.9 Å². The second-order valence-corrected chi connectivity index (χ2v) is 4.15. The third kappa shape index (κ3) is 3.34. The van der Waals surface area contributed by atoms with Gasteiger partial charge in [-0.05, 0) is 38.8 Å². The molecule has 0 fully saturated rings. The van der Waals surface area contributed by atoms with Gasteiger partial charge in [0.2, 0.25) is 0 Å². The highest BCUT2D eigenvalue weighted by Gasteiger charge is 2.14. The van der Waals surface area contributed by atoms with Crippen LogP contribution in [0.2, 0.25) is 0 Å². The molecule has 0 spiro atoms. The molecule has 0 bridgehead atoms. The molecule has 0 amide bonds. The highest BCUT2D eigenvalue weighted by molar-refractivity contribution is 5.05. The van der Waals surface area contributed by atoms with Crippen molar-refractivity contribution < 1.29 is 0 Å². The molecule has 2 unspecified atom stereocenters. The Morgan fingerprint density at radius 2 is 2.20 bits per heavy atom. The summed E-state index contributed by atoms with van der Waals surface area (Å²) in [7, 11) is 2.03. The van der Waals surface area contributed by atoms with Gasteiger partial charge in [-0.2, -0.15) is 5.10 Å². The normalized spacial score (nSPS) is 15.2. The number of nitrogens with one attached hydrogen (secondary N) is 1. The van der Waals surface area contributed by atoms with Crippen molar-refractivity contribution in [2.75, 3.05) is 7.05 Å². The Morgan fingerprint density at radius 1 is 1.47 bits per heavy atom. The van der Waals surface area contributed by atoms with Crippen molar-refractivity contribution in [2.24, 2.45) is 5.92 Å². The lowest BCUT2D eigenvalue weighted by molar-refractivity contribution is 0.381. The Labute approximate surface area is 92.9 Å². The van der Waals surface area contributed by atoms with Crippen LogP contribution >= 0.6 is 0 Å². The van der Waals surface area contributed by atoms with Gasteiger partial charge in [-0.1, -0.05) is 13.3 Å². The molecule has 0 aliphatic carbocycles. The van der Waals surface area contributed by atoms with E-state index in [1.54, 1.807) is 0 Å². The molecular weight excluding hydrogens is 186 g/mol. The van der Waals surface area contributed by atoms with Crippen LogP contribution in [0.4, 0.5) is 0 Å². The van der Waals surface area contributed by atoms with Crippen LogP contribution in [-0.2, 0) is 13.0 Å². The van der Waals surface area contributed by atoms with Gasteiger partial charge in [-0.3, -0.25) is 4.68 Å². The van der Waals surface area contributed by atoms with Crippen molar-refractivity contribution in [3.05, 3.63) is 18.0 Å². The first-order chi connectivity index (χ1) is 7.21. The second-order valence-electron chi connectivity index (χ2n) is 4.15. The summed E-state index contributed by atoms with van der Waals surface area (Å²) in [5, 5.41) is 7.63. The molecule has 0 aliphatic rings. The number of aromatic nitrogens is 2. The molecule has 1 heterocycles. The average molecular weight is 209 g/mol. The quantitative estimate of drug-likeness (QED) is 0.777. The molecule has 3 heteroatoms. The maximum absolute atomic E-state index is 4.30. The molecule has 0 saturated heterocycles. The minimum absolute atomic E-state index is 0.569. The van der Waals surface area contributed by atoms with Crippen molar-refractivity contribution in [3.8, 4) is 0 Å². The van der Waals surface area contributed by atoms with Crippen molar-refractivity contribution in [3.63, 3.8) is 0 Å². The van der Waals surface area contributed by atoms with Gasteiger partial charge >= 0.3 is 0 Å². The Balaban J connectivity index is 2.58. The molecule has 0 radical (unpaired) electrons. The van der Waals surface area contributed by atoms with Gasteiger partial charge in [0.05, 0.1) is 6.20 Å². The molecule has 0 aliphatic heterocycles. The SMILES string of the molecule is CCC(Cc1cnn(CC)c1)C(C)NC. The Bertz CT molecular complexity index is 280. The molecule has 3 nitrogen and oxygen atoms in total. The maximum atomic E-state index is 4.30. The largest absolute Gasteiger partial charge is 0.317 e. The topological polar surface area (TPSA) is 29.9 Å². The van der Waals surface area contributed by atoms with Gasteiger partial charge in [0.25, 0.3) is 0 Å². The standard InChI is InChI=1S/C12H23N3/c1-5-12(10(3)13-4)7-11-8-14-15(6-2)9-11/h8-10,12-13H,5-7H2,1-4H3. The number of hydrogen-bond acceptors (Lipinski definition) is 2. The molecule has 86 valence electrons. The fourth-order valence-corrected chi connectivity index (χ4v) is 1.90.